The fraction of sp³-hybridized carbons (Fsp3) is 0.333. The summed E-state index contributed by atoms with van der Waals surface area (Å²) in [7, 11) is 3.29. The molecule has 0 fully saturated rings. The van der Waals surface area contributed by atoms with E-state index in [1.165, 1.54) is 0 Å². The fourth-order valence-electron chi connectivity index (χ4n) is 0. The van der Waals surface area contributed by atoms with E-state index in [4.69, 9.17) is 0 Å². The van der Waals surface area contributed by atoms with E-state index in [1.54, 1.807) is 0 Å². The molecule has 0 unspecified atom stereocenters. The van der Waals surface area contributed by atoms with Crippen LogP contribution in [0.15, 0.2) is 0 Å². The first kappa shape index (κ1) is 9.11. The van der Waals surface area contributed by atoms with Crippen molar-refractivity contribution in [1.82, 2.24) is 5.32 Å². The molecule has 0 aliphatic heterocycles. The topological polar surface area (TPSA) is 12.0 Å². The van der Waals surface area contributed by atoms with E-state index >= 15 is 0 Å². The first-order valence-corrected chi connectivity index (χ1v) is 1.21. The molecule has 0 saturated carbocycles. The quantitative estimate of drug-likeness (QED) is 0.473. The molecule has 0 spiro atoms. The summed E-state index contributed by atoms with van der Waals surface area (Å²) in [5.41, 5.74) is 0. The smallest absolute Gasteiger partial charge is 0.498 e. The van der Waals surface area contributed by atoms with Crippen LogP contribution in [0.25, 0.3) is 0 Å². The molecule has 0 aromatic heterocycles. The van der Waals surface area contributed by atoms with E-state index in [0.29, 0.717) is 6.54 Å². The molecule has 5 heavy (non-hydrogen) atoms. The predicted molar refractivity (Wildman–Crippen MR) is 18.7 cm³/mol. The maximum Gasteiger partial charge on any atom is 2.00 e. The van der Waals surface area contributed by atoms with E-state index in [0.717, 1.165) is 0 Å². The van der Waals surface area contributed by atoms with Gasteiger partial charge in [-0.25, -0.2) is 0 Å². The Labute approximate surface area is 45.0 Å². The van der Waals surface area contributed by atoms with E-state index in [9.17, 15) is 0 Å². The van der Waals surface area contributed by atoms with Crippen molar-refractivity contribution in [2.24, 2.45) is 0 Å². The van der Waals surface area contributed by atoms with Crippen molar-refractivity contribution < 1.29 is 18.6 Å². The zero-order valence-electron chi connectivity index (χ0n) is 3.07. The monoisotopic (exact) mass is 108 g/mol. The molecule has 0 aromatic rings. The van der Waals surface area contributed by atoms with Crippen molar-refractivity contribution in [3.8, 4) is 0 Å². The Hall–Kier alpha value is 0.544. The fourth-order valence-corrected chi connectivity index (χ4v) is 0. The molecule has 0 amide bonds. The van der Waals surface area contributed by atoms with Crippen LogP contribution in [-0.2, 0) is 18.6 Å². The molecule has 29 valence electrons. The molecule has 0 bridgehead atoms. The Kier molecular flexibility index (Phi) is 16.1. The molecule has 0 aliphatic carbocycles. The van der Waals surface area contributed by atoms with Gasteiger partial charge in [-0.05, 0) is 0 Å². The minimum absolute atomic E-state index is 0. The van der Waals surface area contributed by atoms with Crippen LogP contribution in [-0.4, -0.2) is 6.54 Å². The second-order valence-corrected chi connectivity index (χ2v) is 0.500. The third kappa shape index (κ3) is 12.3. The summed E-state index contributed by atoms with van der Waals surface area (Å²) in [4.78, 5) is 0. The van der Waals surface area contributed by atoms with Gasteiger partial charge in [-0.15, -0.1) is 0 Å². The van der Waals surface area contributed by atoms with Crippen LogP contribution in [0.2, 0.25) is 0 Å². The van der Waals surface area contributed by atoms with Gasteiger partial charge in [0.25, 0.3) is 0 Å². The van der Waals surface area contributed by atoms with Gasteiger partial charge >= 0.3 is 18.6 Å². The molecule has 2 heteroatoms. The van der Waals surface area contributed by atoms with Crippen molar-refractivity contribution in [2.45, 2.75) is 0 Å². The molecular formula is C3H7NV. The molecular weight excluding hydrogens is 101 g/mol. The van der Waals surface area contributed by atoms with Gasteiger partial charge in [0.15, 0.2) is 0 Å². The zero-order chi connectivity index (χ0) is 3.41. The van der Waals surface area contributed by atoms with Crippen LogP contribution in [0.5, 0.6) is 0 Å². The first-order chi connectivity index (χ1) is 1.91. The van der Waals surface area contributed by atoms with E-state index in [-0.39, 0.29) is 18.6 Å². The van der Waals surface area contributed by atoms with Crippen molar-refractivity contribution >= 4 is 0 Å². The molecule has 1 radical (unpaired) electrons. The predicted octanol–water partition coefficient (Wildman–Crippen LogP) is 0.199. The Morgan fingerprint density at radius 3 is 1.80 bits per heavy atom. The van der Waals surface area contributed by atoms with Crippen LogP contribution in [0, 0.1) is 14.0 Å². The second kappa shape index (κ2) is 8.82. The maximum atomic E-state index is 3.43. The number of hydrogen-bond donors (Lipinski definition) is 1. The van der Waals surface area contributed by atoms with Crippen LogP contribution in [0.3, 0.4) is 0 Å². The molecule has 0 atom stereocenters. The van der Waals surface area contributed by atoms with Gasteiger partial charge in [0, 0.05) is 0 Å². The van der Waals surface area contributed by atoms with Crippen molar-refractivity contribution in [2.75, 3.05) is 6.54 Å². The van der Waals surface area contributed by atoms with Gasteiger partial charge < -0.3 is 12.2 Å². The number of rotatable bonds is 1. The summed E-state index contributed by atoms with van der Waals surface area (Å²) in [6, 6.07) is 0. The Morgan fingerprint density at radius 2 is 1.80 bits per heavy atom. The van der Waals surface area contributed by atoms with E-state index < -0.39 is 0 Å². The molecule has 0 saturated heterocycles. The SMILES string of the molecule is [CH2-]CN[CH2-].[V+2]. The summed E-state index contributed by atoms with van der Waals surface area (Å²) in [5, 5.41) is 2.57. The Morgan fingerprint density at radius 1 is 1.60 bits per heavy atom. The molecule has 0 heterocycles. The summed E-state index contributed by atoms with van der Waals surface area (Å²) in [6.07, 6.45) is 0. The van der Waals surface area contributed by atoms with E-state index in [2.05, 4.69) is 19.3 Å². The summed E-state index contributed by atoms with van der Waals surface area (Å²) in [6.45, 7) is 4.14. The van der Waals surface area contributed by atoms with Crippen LogP contribution < -0.4 is 5.32 Å². The van der Waals surface area contributed by atoms with Gasteiger partial charge in [0.2, 0.25) is 0 Å². The summed E-state index contributed by atoms with van der Waals surface area (Å²) < 4.78 is 0. The number of nitrogens with one attached hydrogen (secondary N) is 1. The minimum Gasteiger partial charge on any atom is -0.498 e. The normalized spacial score (nSPS) is 6.00. The Bertz CT molecular complexity index is 8.85. The molecule has 1 N–H and O–H groups in total. The van der Waals surface area contributed by atoms with Crippen LogP contribution >= 0.6 is 0 Å². The molecule has 0 rings (SSSR count). The zero-order valence-corrected chi connectivity index (χ0v) is 4.47. The average Bonchev–Trinajstić information content (AvgIpc) is 1.37. The molecule has 1 nitrogen and oxygen atoms in total. The summed E-state index contributed by atoms with van der Waals surface area (Å²) in [5.74, 6) is 0. The van der Waals surface area contributed by atoms with Gasteiger partial charge in [-0.3, -0.25) is 7.05 Å². The van der Waals surface area contributed by atoms with Crippen molar-refractivity contribution in [1.29, 1.82) is 0 Å². The first-order valence-electron chi connectivity index (χ1n) is 1.21. The molecule has 0 aromatic carbocycles. The standard InChI is InChI=1S/C3H7N.V/c1-3-4-2;/h4H,1-3H2;/q-2;+2. The van der Waals surface area contributed by atoms with E-state index in [1.807, 2.05) is 0 Å². The van der Waals surface area contributed by atoms with Gasteiger partial charge in [0.1, 0.15) is 0 Å². The van der Waals surface area contributed by atoms with Gasteiger partial charge in [0.05, 0.1) is 0 Å². The third-order valence-electron chi connectivity index (χ3n) is 0.177. The maximum absolute atomic E-state index is 3.43. The molecule has 0 aliphatic rings. The van der Waals surface area contributed by atoms with Crippen LogP contribution in [0.1, 0.15) is 0 Å². The van der Waals surface area contributed by atoms with Crippen molar-refractivity contribution in [3.05, 3.63) is 14.0 Å². The summed E-state index contributed by atoms with van der Waals surface area (Å²) >= 11 is 0. The van der Waals surface area contributed by atoms with Gasteiger partial charge in [-0.2, -0.15) is 6.54 Å². The Balaban J connectivity index is 0. The second-order valence-electron chi connectivity index (χ2n) is 0.500. The average molecular weight is 108 g/mol. The van der Waals surface area contributed by atoms with Gasteiger partial charge in [-0.1, -0.05) is 0 Å². The third-order valence-corrected chi connectivity index (χ3v) is 0.177. The van der Waals surface area contributed by atoms with Crippen LogP contribution in [0.4, 0.5) is 0 Å². The minimum atomic E-state index is 0. The number of hydrogen-bond acceptors (Lipinski definition) is 1. The largest absolute Gasteiger partial charge is 2.00 e. The van der Waals surface area contributed by atoms with Crippen molar-refractivity contribution in [3.63, 3.8) is 0 Å².